The first-order valence-electron chi connectivity index (χ1n) is 9.08. The van der Waals surface area contributed by atoms with Crippen LogP contribution < -0.4 is 0 Å². The molecule has 0 aliphatic rings. The molecule has 3 aromatic carbocycles. The minimum absolute atomic E-state index is 0.0551. The maximum Gasteiger partial charge on any atom is 0.342 e. The average molecular weight is 362 g/mol. The summed E-state index contributed by atoms with van der Waals surface area (Å²) in [5.74, 6) is -1.08. The van der Waals surface area contributed by atoms with E-state index in [-0.39, 0.29) is 23.7 Å². The van der Waals surface area contributed by atoms with Gasteiger partial charge in [0, 0.05) is 10.9 Å². The Morgan fingerprint density at radius 1 is 0.926 bits per heavy atom. The number of fused-ring (bicyclic) bond motifs is 1. The standard InChI is InChI=1S/C23H22O4/c1-3-15-9-10-16(4-2)20(13-15)21(24)14-27-23(26)19-12-11-17-7-5-6-8-18(17)22(19)25/h5-13,25H,3-4,14H2,1-2H3. The zero-order valence-corrected chi connectivity index (χ0v) is 15.5. The van der Waals surface area contributed by atoms with Gasteiger partial charge in [0.2, 0.25) is 5.78 Å². The largest absolute Gasteiger partial charge is 0.506 e. The van der Waals surface area contributed by atoms with E-state index in [1.54, 1.807) is 18.2 Å². The summed E-state index contributed by atoms with van der Waals surface area (Å²) < 4.78 is 5.20. The molecule has 4 heteroatoms. The molecule has 0 bridgehead atoms. The summed E-state index contributed by atoms with van der Waals surface area (Å²) in [5.41, 5.74) is 2.64. The van der Waals surface area contributed by atoms with Gasteiger partial charge in [-0.25, -0.2) is 4.79 Å². The van der Waals surface area contributed by atoms with E-state index in [0.29, 0.717) is 10.9 Å². The van der Waals surface area contributed by atoms with Crippen LogP contribution in [0.4, 0.5) is 0 Å². The van der Waals surface area contributed by atoms with Crippen LogP contribution in [0.2, 0.25) is 0 Å². The molecule has 0 aliphatic carbocycles. The highest BCUT2D eigenvalue weighted by Gasteiger charge is 2.18. The third-order valence-electron chi connectivity index (χ3n) is 4.72. The Hall–Kier alpha value is -3.14. The van der Waals surface area contributed by atoms with Crippen molar-refractivity contribution in [3.05, 3.63) is 76.9 Å². The number of ether oxygens (including phenoxy) is 1. The van der Waals surface area contributed by atoms with Crippen LogP contribution in [0, 0.1) is 0 Å². The maximum atomic E-state index is 12.6. The number of benzene rings is 3. The molecule has 0 heterocycles. The van der Waals surface area contributed by atoms with Crippen LogP contribution >= 0.6 is 0 Å². The van der Waals surface area contributed by atoms with Crippen molar-refractivity contribution in [1.82, 2.24) is 0 Å². The summed E-state index contributed by atoms with van der Waals surface area (Å²) in [6.45, 7) is 3.65. The minimum Gasteiger partial charge on any atom is -0.506 e. The van der Waals surface area contributed by atoms with Crippen molar-refractivity contribution >= 4 is 22.5 Å². The molecule has 0 amide bonds. The lowest BCUT2D eigenvalue weighted by atomic mass is 9.98. The Kier molecular flexibility index (Phi) is 5.55. The van der Waals surface area contributed by atoms with Crippen LogP contribution in [0.3, 0.4) is 0 Å². The van der Waals surface area contributed by atoms with Crippen molar-refractivity contribution in [2.45, 2.75) is 26.7 Å². The third kappa shape index (κ3) is 3.85. The second-order valence-corrected chi connectivity index (χ2v) is 6.38. The van der Waals surface area contributed by atoms with Gasteiger partial charge in [-0.05, 0) is 41.5 Å². The summed E-state index contributed by atoms with van der Waals surface area (Å²) in [5, 5.41) is 11.8. The Labute approximate surface area is 158 Å². The fourth-order valence-corrected chi connectivity index (χ4v) is 3.12. The van der Waals surface area contributed by atoms with Gasteiger partial charge in [-0.1, -0.05) is 56.3 Å². The molecule has 0 spiro atoms. The molecule has 0 unspecified atom stereocenters. The minimum atomic E-state index is -0.712. The lowest BCUT2D eigenvalue weighted by molar-refractivity contribution is 0.0472. The van der Waals surface area contributed by atoms with Crippen molar-refractivity contribution in [2.75, 3.05) is 6.61 Å². The number of aryl methyl sites for hydroxylation is 2. The fraction of sp³-hybridized carbons (Fsp3) is 0.217. The number of ketones is 1. The number of aromatic hydroxyl groups is 1. The zero-order chi connectivity index (χ0) is 19.4. The molecule has 0 radical (unpaired) electrons. The average Bonchev–Trinajstić information content (AvgIpc) is 2.71. The van der Waals surface area contributed by atoms with Gasteiger partial charge in [0.05, 0.1) is 0 Å². The van der Waals surface area contributed by atoms with Crippen molar-refractivity contribution in [2.24, 2.45) is 0 Å². The van der Waals surface area contributed by atoms with Gasteiger partial charge in [-0.2, -0.15) is 0 Å². The summed E-state index contributed by atoms with van der Waals surface area (Å²) in [6.07, 6.45) is 1.56. The van der Waals surface area contributed by atoms with E-state index < -0.39 is 5.97 Å². The van der Waals surface area contributed by atoms with E-state index >= 15 is 0 Å². The predicted molar refractivity (Wildman–Crippen MR) is 105 cm³/mol. The lowest BCUT2D eigenvalue weighted by Crippen LogP contribution is -2.16. The highest BCUT2D eigenvalue weighted by Crippen LogP contribution is 2.29. The summed E-state index contributed by atoms with van der Waals surface area (Å²) in [6, 6.07) is 16.3. The van der Waals surface area contributed by atoms with Crippen LogP contribution in [-0.4, -0.2) is 23.5 Å². The topological polar surface area (TPSA) is 63.6 Å². The third-order valence-corrected chi connectivity index (χ3v) is 4.72. The van der Waals surface area contributed by atoms with E-state index in [0.717, 1.165) is 29.4 Å². The lowest BCUT2D eigenvalue weighted by Gasteiger charge is -2.11. The smallest absolute Gasteiger partial charge is 0.342 e. The molecule has 0 saturated heterocycles. The molecule has 3 aromatic rings. The van der Waals surface area contributed by atoms with Crippen molar-refractivity contribution < 1.29 is 19.4 Å². The van der Waals surface area contributed by atoms with Gasteiger partial charge >= 0.3 is 5.97 Å². The highest BCUT2D eigenvalue weighted by atomic mass is 16.5. The second kappa shape index (κ2) is 8.04. The van der Waals surface area contributed by atoms with E-state index in [1.807, 2.05) is 44.2 Å². The van der Waals surface area contributed by atoms with Gasteiger partial charge in [-0.3, -0.25) is 4.79 Å². The number of phenols is 1. The SMILES string of the molecule is CCc1ccc(CC)c(C(=O)COC(=O)c2ccc3ccccc3c2O)c1. The molecule has 3 rings (SSSR count). The van der Waals surface area contributed by atoms with Crippen molar-refractivity contribution in [3.8, 4) is 5.75 Å². The fourth-order valence-electron chi connectivity index (χ4n) is 3.12. The molecule has 4 nitrogen and oxygen atoms in total. The van der Waals surface area contributed by atoms with Gasteiger partial charge in [-0.15, -0.1) is 0 Å². The normalized spacial score (nSPS) is 10.7. The Balaban J connectivity index is 1.78. The Morgan fingerprint density at radius 3 is 2.44 bits per heavy atom. The summed E-state index contributed by atoms with van der Waals surface area (Å²) in [7, 11) is 0. The van der Waals surface area contributed by atoms with Crippen LogP contribution in [0.15, 0.2) is 54.6 Å². The van der Waals surface area contributed by atoms with E-state index in [2.05, 4.69) is 0 Å². The van der Waals surface area contributed by atoms with Gasteiger partial charge < -0.3 is 9.84 Å². The Bertz CT molecular complexity index is 1000. The second-order valence-electron chi connectivity index (χ2n) is 6.38. The van der Waals surface area contributed by atoms with Crippen LogP contribution in [0.1, 0.15) is 45.7 Å². The van der Waals surface area contributed by atoms with E-state index in [4.69, 9.17) is 4.74 Å². The van der Waals surface area contributed by atoms with Gasteiger partial charge in [0.1, 0.15) is 11.3 Å². The predicted octanol–water partition coefficient (Wildman–Crippen LogP) is 4.71. The maximum absolute atomic E-state index is 12.6. The van der Waals surface area contributed by atoms with Crippen molar-refractivity contribution in [3.63, 3.8) is 0 Å². The molecule has 0 aromatic heterocycles. The molecule has 0 saturated carbocycles. The highest BCUT2D eigenvalue weighted by molar-refractivity contribution is 6.03. The Morgan fingerprint density at radius 2 is 1.70 bits per heavy atom. The van der Waals surface area contributed by atoms with Crippen LogP contribution in [0.25, 0.3) is 10.8 Å². The number of carbonyl (C=O) groups excluding carboxylic acids is 2. The molecular weight excluding hydrogens is 340 g/mol. The summed E-state index contributed by atoms with van der Waals surface area (Å²) >= 11 is 0. The molecule has 138 valence electrons. The number of carbonyl (C=O) groups is 2. The number of esters is 1. The van der Waals surface area contributed by atoms with Gasteiger partial charge in [0.15, 0.2) is 6.61 Å². The number of Topliss-reactive ketones (excluding diaryl/α,β-unsaturated/α-hetero) is 1. The van der Waals surface area contributed by atoms with Crippen LogP contribution in [0.5, 0.6) is 5.75 Å². The first-order valence-corrected chi connectivity index (χ1v) is 9.08. The first-order chi connectivity index (χ1) is 13.0. The molecule has 27 heavy (non-hydrogen) atoms. The number of rotatable bonds is 6. The molecular formula is C23H22O4. The summed E-state index contributed by atoms with van der Waals surface area (Å²) in [4.78, 5) is 25.0. The molecule has 0 atom stereocenters. The van der Waals surface area contributed by atoms with Crippen molar-refractivity contribution in [1.29, 1.82) is 0 Å². The molecule has 0 aliphatic heterocycles. The van der Waals surface area contributed by atoms with Gasteiger partial charge in [0.25, 0.3) is 0 Å². The zero-order valence-electron chi connectivity index (χ0n) is 15.5. The van der Waals surface area contributed by atoms with E-state index in [1.165, 1.54) is 6.07 Å². The first kappa shape index (κ1) is 18.6. The molecule has 1 N–H and O–H groups in total. The number of hydrogen-bond donors (Lipinski definition) is 1. The molecule has 0 fully saturated rings. The van der Waals surface area contributed by atoms with E-state index in [9.17, 15) is 14.7 Å². The quantitative estimate of drug-likeness (QED) is 0.509. The number of hydrogen-bond acceptors (Lipinski definition) is 4. The van der Waals surface area contributed by atoms with Crippen LogP contribution in [-0.2, 0) is 17.6 Å². The number of phenolic OH excluding ortho intramolecular Hbond substituents is 1. The monoisotopic (exact) mass is 362 g/mol.